The monoisotopic (exact) mass is 543 g/mol. The SMILES string of the molecule is CC(C)(C)OC(=O)N1CCC(C[C@H](CC(=O)[C@@H](N)C2CCOCC2)C(=O)N[C@@H]2CCOc3ccccc32)CC1. The highest BCUT2D eigenvalue weighted by atomic mass is 16.6. The highest BCUT2D eigenvalue weighted by molar-refractivity contribution is 5.90. The van der Waals surface area contributed by atoms with Gasteiger partial charge in [-0.3, -0.25) is 9.59 Å². The van der Waals surface area contributed by atoms with Gasteiger partial charge in [0.1, 0.15) is 11.4 Å². The van der Waals surface area contributed by atoms with E-state index in [-0.39, 0.29) is 42.1 Å². The highest BCUT2D eigenvalue weighted by Gasteiger charge is 2.35. The Morgan fingerprint density at radius 3 is 2.44 bits per heavy atom. The number of piperidine rings is 1. The van der Waals surface area contributed by atoms with Gasteiger partial charge in [-0.15, -0.1) is 0 Å². The van der Waals surface area contributed by atoms with Crippen LogP contribution in [0.2, 0.25) is 0 Å². The van der Waals surface area contributed by atoms with Crippen molar-refractivity contribution in [3.63, 3.8) is 0 Å². The minimum absolute atomic E-state index is 0.0550. The number of para-hydroxylation sites is 1. The highest BCUT2D eigenvalue weighted by Crippen LogP contribution is 2.33. The first-order valence-electron chi connectivity index (χ1n) is 14.5. The molecule has 0 spiro atoms. The number of hydrogen-bond acceptors (Lipinski definition) is 7. The fraction of sp³-hybridized carbons (Fsp3) is 0.700. The van der Waals surface area contributed by atoms with E-state index in [1.54, 1.807) is 4.90 Å². The molecular formula is C30H45N3O6. The number of amides is 2. The molecule has 0 radical (unpaired) electrons. The molecule has 2 fully saturated rings. The zero-order valence-electron chi connectivity index (χ0n) is 23.7. The van der Waals surface area contributed by atoms with Crippen LogP contribution in [0.5, 0.6) is 5.75 Å². The smallest absolute Gasteiger partial charge is 0.410 e. The number of ketones is 1. The first-order chi connectivity index (χ1) is 18.6. The van der Waals surface area contributed by atoms with Crippen molar-refractivity contribution in [2.45, 2.75) is 83.4 Å². The van der Waals surface area contributed by atoms with Crippen LogP contribution in [0.1, 0.15) is 77.3 Å². The molecule has 3 heterocycles. The lowest BCUT2D eigenvalue weighted by Gasteiger charge is -2.35. The number of rotatable bonds is 8. The molecule has 3 aliphatic heterocycles. The van der Waals surface area contributed by atoms with E-state index in [9.17, 15) is 14.4 Å². The predicted octanol–water partition coefficient (Wildman–Crippen LogP) is 3.99. The number of fused-ring (bicyclic) bond motifs is 1. The van der Waals surface area contributed by atoms with Gasteiger partial charge in [0, 0.05) is 50.6 Å². The Labute approximate surface area is 232 Å². The number of carbonyl (C=O) groups excluding carboxylic acids is 3. The lowest BCUT2D eigenvalue weighted by atomic mass is 9.81. The average Bonchev–Trinajstić information content (AvgIpc) is 2.92. The van der Waals surface area contributed by atoms with Crippen LogP contribution >= 0.6 is 0 Å². The summed E-state index contributed by atoms with van der Waals surface area (Å²) in [6.07, 6.45) is 4.17. The third kappa shape index (κ3) is 8.18. The summed E-state index contributed by atoms with van der Waals surface area (Å²) in [5.41, 5.74) is 6.84. The second-order valence-electron chi connectivity index (χ2n) is 12.2. The fourth-order valence-electron chi connectivity index (χ4n) is 5.86. The van der Waals surface area contributed by atoms with E-state index >= 15 is 0 Å². The minimum atomic E-state index is -0.581. The Balaban J connectivity index is 1.41. The van der Waals surface area contributed by atoms with Gasteiger partial charge in [0.05, 0.1) is 18.7 Å². The summed E-state index contributed by atoms with van der Waals surface area (Å²) in [6, 6.07) is 7.03. The normalized spacial score (nSPS) is 22.3. The molecule has 3 atom stereocenters. The van der Waals surface area contributed by atoms with Crippen molar-refractivity contribution < 1.29 is 28.6 Å². The van der Waals surface area contributed by atoms with Crippen LogP contribution in [-0.2, 0) is 19.1 Å². The van der Waals surface area contributed by atoms with Gasteiger partial charge in [-0.05, 0) is 70.8 Å². The summed E-state index contributed by atoms with van der Waals surface area (Å²) in [4.78, 5) is 41.3. The Morgan fingerprint density at radius 1 is 1.05 bits per heavy atom. The van der Waals surface area contributed by atoms with Gasteiger partial charge in [-0.1, -0.05) is 18.2 Å². The first kappa shape index (κ1) is 29.3. The molecule has 2 saturated heterocycles. The van der Waals surface area contributed by atoms with E-state index in [2.05, 4.69) is 5.32 Å². The Kier molecular flexibility index (Phi) is 9.88. The summed E-state index contributed by atoms with van der Waals surface area (Å²) in [5, 5.41) is 3.22. The summed E-state index contributed by atoms with van der Waals surface area (Å²) >= 11 is 0. The molecule has 1 aromatic rings. The molecule has 0 saturated carbocycles. The Hall–Kier alpha value is -2.65. The maximum Gasteiger partial charge on any atom is 0.410 e. The molecule has 0 unspecified atom stereocenters. The molecule has 0 aliphatic carbocycles. The van der Waals surface area contributed by atoms with Gasteiger partial charge in [0.2, 0.25) is 5.91 Å². The number of nitrogens with two attached hydrogens (primary N) is 1. The fourth-order valence-corrected chi connectivity index (χ4v) is 5.86. The van der Waals surface area contributed by atoms with Crippen LogP contribution in [0.4, 0.5) is 4.79 Å². The number of Topliss-reactive ketones (excluding diaryl/α,β-unsaturated/α-hetero) is 1. The Bertz CT molecular complexity index is 995. The van der Waals surface area contributed by atoms with Crippen LogP contribution in [0, 0.1) is 17.8 Å². The molecule has 0 aromatic heterocycles. The van der Waals surface area contributed by atoms with Gasteiger partial charge in [0.25, 0.3) is 0 Å². The summed E-state index contributed by atoms with van der Waals surface area (Å²) in [6.45, 7) is 8.51. The van der Waals surface area contributed by atoms with Crippen molar-refractivity contribution in [1.82, 2.24) is 10.2 Å². The van der Waals surface area contributed by atoms with E-state index in [0.717, 1.165) is 37.0 Å². The molecule has 9 nitrogen and oxygen atoms in total. The lowest BCUT2D eigenvalue weighted by Crippen LogP contribution is -2.45. The van der Waals surface area contributed by atoms with Crippen molar-refractivity contribution in [1.29, 1.82) is 0 Å². The van der Waals surface area contributed by atoms with Crippen molar-refractivity contribution >= 4 is 17.8 Å². The second kappa shape index (κ2) is 13.1. The van der Waals surface area contributed by atoms with E-state index in [0.29, 0.717) is 45.8 Å². The number of likely N-dealkylation sites (tertiary alicyclic amines) is 1. The van der Waals surface area contributed by atoms with Gasteiger partial charge in [-0.25, -0.2) is 4.79 Å². The van der Waals surface area contributed by atoms with Crippen LogP contribution < -0.4 is 15.8 Å². The summed E-state index contributed by atoms with van der Waals surface area (Å²) in [5.74, 6) is 0.469. The average molecular weight is 544 g/mol. The topological polar surface area (TPSA) is 120 Å². The molecule has 3 aliphatic rings. The lowest BCUT2D eigenvalue weighted by molar-refractivity contribution is -0.132. The zero-order valence-corrected chi connectivity index (χ0v) is 23.7. The molecule has 39 heavy (non-hydrogen) atoms. The molecule has 0 bridgehead atoms. The van der Waals surface area contributed by atoms with Gasteiger partial charge in [-0.2, -0.15) is 0 Å². The minimum Gasteiger partial charge on any atom is -0.493 e. The standard InChI is InChI=1S/C30H45N3O6/c1-30(2,3)39-29(36)33-13-8-20(9-14-33)18-22(19-25(34)27(31)21-10-15-37-16-11-21)28(35)32-24-12-17-38-26-7-5-4-6-23(24)26/h4-7,20-22,24,27H,8-19,31H2,1-3H3,(H,32,35)/t22-,24-,27+/m1/s1. The molecule has 9 heteroatoms. The second-order valence-corrected chi connectivity index (χ2v) is 12.2. The van der Waals surface area contributed by atoms with Crippen molar-refractivity contribution in [2.24, 2.45) is 23.5 Å². The number of nitrogens with zero attached hydrogens (tertiary/aromatic N) is 1. The zero-order chi connectivity index (χ0) is 28.0. The summed E-state index contributed by atoms with van der Waals surface area (Å²) in [7, 11) is 0. The van der Waals surface area contributed by atoms with E-state index < -0.39 is 17.6 Å². The van der Waals surface area contributed by atoms with Crippen molar-refractivity contribution in [2.75, 3.05) is 32.9 Å². The first-order valence-corrected chi connectivity index (χ1v) is 14.5. The largest absolute Gasteiger partial charge is 0.493 e. The molecule has 4 rings (SSSR count). The van der Waals surface area contributed by atoms with Crippen LogP contribution in [-0.4, -0.2) is 67.2 Å². The molecule has 216 valence electrons. The quantitative estimate of drug-likeness (QED) is 0.509. The number of carbonyl (C=O) groups is 3. The van der Waals surface area contributed by atoms with Crippen molar-refractivity contribution in [3.8, 4) is 5.75 Å². The maximum absolute atomic E-state index is 13.7. The number of hydrogen-bond donors (Lipinski definition) is 2. The molecule has 3 N–H and O–H groups in total. The van der Waals surface area contributed by atoms with Crippen LogP contribution in [0.25, 0.3) is 0 Å². The van der Waals surface area contributed by atoms with Gasteiger partial charge >= 0.3 is 6.09 Å². The maximum atomic E-state index is 13.7. The van der Waals surface area contributed by atoms with Crippen LogP contribution in [0.15, 0.2) is 24.3 Å². The van der Waals surface area contributed by atoms with Crippen molar-refractivity contribution in [3.05, 3.63) is 29.8 Å². The third-order valence-corrected chi connectivity index (χ3v) is 8.12. The Morgan fingerprint density at radius 2 is 1.74 bits per heavy atom. The van der Waals surface area contributed by atoms with Gasteiger partial charge < -0.3 is 30.2 Å². The number of ether oxygens (including phenoxy) is 3. The third-order valence-electron chi connectivity index (χ3n) is 8.12. The van der Waals surface area contributed by atoms with Crippen LogP contribution in [0.3, 0.4) is 0 Å². The molecular weight excluding hydrogens is 498 g/mol. The summed E-state index contributed by atoms with van der Waals surface area (Å²) < 4.78 is 16.7. The predicted molar refractivity (Wildman–Crippen MR) is 147 cm³/mol. The molecule has 1 aromatic carbocycles. The van der Waals surface area contributed by atoms with Gasteiger partial charge in [0.15, 0.2) is 5.78 Å². The number of nitrogens with one attached hydrogen (secondary N) is 1. The van der Waals surface area contributed by atoms with E-state index in [1.807, 2.05) is 45.0 Å². The molecule has 2 amide bonds. The number of benzene rings is 1. The van der Waals surface area contributed by atoms with E-state index in [1.165, 1.54) is 0 Å². The van der Waals surface area contributed by atoms with E-state index in [4.69, 9.17) is 19.9 Å².